The van der Waals surface area contributed by atoms with Crippen molar-refractivity contribution in [1.29, 1.82) is 0 Å². The molecule has 3 nitrogen and oxygen atoms in total. The molecule has 2 fully saturated rings. The first-order valence-corrected chi connectivity index (χ1v) is 7.28. The first kappa shape index (κ1) is 12.9. The van der Waals surface area contributed by atoms with E-state index in [1.807, 2.05) is 24.3 Å². The molecule has 0 amide bonds. The first-order valence-electron chi connectivity index (χ1n) is 7.28. The minimum atomic E-state index is -0.284. The van der Waals surface area contributed by atoms with E-state index in [2.05, 4.69) is 0 Å². The molecule has 2 aliphatic rings. The number of hydrogen-bond donors (Lipinski definition) is 2. The molecule has 0 saturated heterocycles. The second kappa shape index (κ2) is 5.14. The van der Waals surface area contributed by atoms with Crippen molar-refractivity contribution in [2.24, 2.45) is 23.5 Å². The summed E-state index contributed by atoms with van der Waals surface area (Å²) in [6, 6.07) is 7.94. The Morgan fingerprint density at radius 2 is 1.89 bits per heavy atom. The van der Waals surface area contributed by atoms with Gasteiger partial charge in [0.15, 0.2) is 0 Å². The maximum Gasteiger partial charge on any atom is 0.118 e. The molecule has 3 N–H and O–H groups in total. The van der Waals surface area contributed by atoms with Gasteiger partial charge < -0.3 is 15.6 Å². The van der Waals surface area contributed by atoms with Crippen molar-refractivity contribution in [3.63, 3.8) is 0 Å². The van der Waals surface area contributed by atoms with Gasteiger partial charge in [-0.15, -0.1) is 0 Å². The van der Waals surface area contributed by atoms with Crippen molar-refractivity contribution in [1.82, 2.24) is 0 Å². The van der Waals surface area contributed by atoms with Gasteiger partial charge in [-0.25, -0.2) is 0 Å². The van der Waals surface area contributed by atoms with Crippen LogP contribution in [0.5, 0.6) is 5.75 Å². The minimum absolute atomic E-state index is 0.0570. The van der Waals surface area contributed by atoms with Crippen LogP contribution in [0.15, 0.2) is 24.3 Å². The molecule has 0 aliphatic heterocycles. The second-order valence-electron chi connectivity index (χ2n) is 5.94. The summed E-state index contributed by atoms with van der Waals surface area (Å²) in [5.41, 5.74) is 7.03. The number of hydrogen-bond acceptors (Lipinski definition) is 3. The molecule has 2 saturated carbocycles. The van der Waals surface area contributed by atoms with Crippen LogP contribution in [-0.2, 0) is 0 Å². The number of ether oxygens (including phenoxy) is 1. The molecule has 104 valence electrons. The van der Waals surface area contributed by atoms with Gasteiger partial charge in [0.25, 0.3) is 0 Å². The monoisotopic (exact) mass is 261 g/mol. The number of fused-ring (bicyclic) bond motifs is 1. The van der Waals surface area contributed by atoms with Crippen LogP contribution in [0.4, 0.5) is 0 Å². The molecule has 1 aromatic rings. The van der Waals surface area contributed by atoms with Crippen LogP contribution >= 0.6 is 0 Å². The van der Waals surface area contributed by atoms with Crippen molar-refractivity contribution < 1.29 is 9.84 Å². The van der Waals surface area contributed by atoms with Gasteiger partial charge in [-0.05, 0) is 48.3 Å². The maximum atomic E-state index is 10.6. The molecule has 0 bridgehead atoms. The molecular formula is C16H23NO2. The Bertz CT molecular complexity index is 421. The van der Waals surface area contributed by atoms with E-state index >= 15 is 0 Å². The van der Waals surface area contributed by atoms with E-state index in [4.69, 9.17) is 10.5 Å². The zero-order chi connectivity index (χ0) is 13.4. The van der Waals surface area contributed by atoms with E-state index in [1.54, 1.807) is 7.11 Å². The number of aliphatic hydroxyl groups is 1. The maximum absolute atomic E-state index is 10.6. The summed E-state index contributed by atoms with van der Waals surface area (Å²) in [4.78, 5) is 0. The Morgan fingerprint density at radius 1 is 1.26 bits per heavy atom. The van der Waals surface area contributed by atoms with Crippen molar-refractivity contribution in [3.8, 4) is 5.75 Å². The smallest absolute Gasteiger partial charge is 0.118 e. The van der Waals surface area contributed by atoms with Crippen molar-refractivity contribution in [3.05, 3.63) is 29.8 Å². The topological polar surface area (TPSA) is 55.5 Å². The summed E-state index contributed by atoms with van der Waals surface area (Å²) in [5.74, 6) is 2.92. The standard InChI is InChI=1S/C16H23NO2/c1-19-11-7-5-10(6-8-11)14(9-17)16(18)15-12-3-2-4-13(12)15/h5-8,12-16,18H,2-4,9,17H2,1H3. The van der Waals surface area contributed by atoms with Crippen LogP contribution in [0.3, 0.4) is 0 Å². The van der Waals surface area contributed by atoms with Crippen molar-refractivity contribution >= 4 is 0 Å². The molecule has 1 aromatic carbocycles. The number of methoxy groups -OCH3 is 1. The molecule has 0 aromatic heterocycles. The lowest BCUT2D eigenvalue weighted by atomic mass is 9.88. The quantitative estimate of drug-likeness (QED) is 0.854. The summed E-state index contributed by atoms with van der Waals surface area (Å²) in [6.45, 7) is 0.503. The van der Waals surface area contributed by atoms with Gasteiger partial charge in [0.05, 0.1) is 13.2 Å². The summed E-state index contributed by atoms with van der Waals surface area (Å²) in [5, 5.41) is 10.6. The van der Waals surface area contributed by atoms with Gasteiger partial charge in [-0.2, -0.15) is 0 Å². The predicted octanol–water partition coefficient (Wildman–Crippen LogP) is 2.14. The number of rotatable bonds is 5. The van der Waals surface area contributed by atoms with Crippen LogP contribution < -0.4 is 10.5 Å². The predicted molar refractivity (Wildman–Crippen MR) is 75.1 cm³/mol. The van der Waals surface area contributed by atoms with E-state index in [1.165, 1.54) is 19.3 Å². The fourth-order valence-corrected chi connectivity index (χ4v) is 3.98. The Balaban J connectivity index is 1.72. The van der Waals surface area contributed by atoms with Crippen LogP contribution in [0.2, 0.25) is 0 Å². The van der Waals surface area contributed by atoms with Gasteiger partial charge in [0, 0.05) is 12.5 Å². The zero-order valence-electron chi connectivity index (χ0n) is 11.5. The van der Waals surface area contributed by atoms with E-state index in [-0.39, 0.29) is 12.0 Å². The van der Waals surface area contributed by atoms with Crippen LogP contribution in [-0.4, -0.2) is 24.9 Å². The highest BCUT2D eigenvalue weighted by Gasteiger charge is 2.56. The average Bonchev–Trinajstić information content (AvgIpc) is 2.93. The largest absolute Gasteiger partial charge is 0.497 e. The fourth-order valence-electron chi connectivity index (χ4n) is 3.98. The molecule has 0 heterocycles. The molecule has 19 heavy (non-hydrogen) atoms. The summed E-state index contributed by atoms with van der Waals surface area (Å²) in [6.07, 6.45) is 3.65. The van der Waals surface area contributed by atoms with Gasteiger partial charge in [0.1, 0.15) is 5.75 Å². The van der Waals surface area contributed by atoms with Crippen LogP contribution in [0, 0.1) is 17.8 Å². The number of nitrogens with two attached hydrogens (primary N) is 1. The SMILES string of the molecule is COc1ccc(C(CN)C(O)C2C3CCCC32)cc1. The molecule has 3 rings (SSSR count). The van der Waals surface area contributed by atoms with Crippen molar-refractivity contribution in [2.45, 2.75) is 31.3 Å². The highest BCUT2D eigenvalue weighted by atomic mass is 16.5. The fraction of sp³-hybridized carbons (Fsp3) is 0.625. The Morgan fingerprint density at radius 3 is 2.42 bits per heavy atom. The highest BCUT2D eigenvalue weighted by Crippen LogP contribution is 2.60. The Labute approximate surface area is 114 Å². The zero-order valence-corrected chi connectivity index (χ0v) is 11.5. The van der Waals surface area contributed by atoms with E-state index < -0.39 is 0 Å². The normalized spacial score (nSPS) is 31.6. The third kappa shape index (κ3) is 2.26. The Hall–Kier alpha value is -1.06. The average molecular weight is 261 g/mol. The molecular weight excluding hydrogens is 238 g/mol. The van der Waals surface area contributed by atoms with Crippen LogP contribution in [0.25, 0.3) is 0 Å². The molecule has 4 unspecified atom stereocenters. The number of benzene rings is 1. The molecule has 0 radical (unpaired) electrons. The van der Waals surface area contributed by atoms with Gasteiger partial charge in [-0.3, -0.25) is 0 Å². The van der Waals surface area contributed by atoms with E-state index in [9.17, 15) is 5.11 Å². The van der Waals surface area contributed by atoms with Crippen molar-refractivity contribution in [2.75, 3.05) is 13.7 Å². The van der Waals surface area contributed by atoms with Gasteiger partial charge in [0.2, 0.25) is 0 Å². The Kier molecular flexibility index (Phi) is 3.50. The lowest BCUT2D eigenvalue weighted by molar-refractivity contribution is 0.108. The summed E-state index contributed by atoms with van der Waals surface area (Å²) >= 11 is 0. The molecule has 0 spiro atoms. The summed E-state index contributed by atoms with van der Waals surface area (Å²) < 4.78 is 5.17. The number of aliphatic hydroxyl groups excluding tert-OH is 1. The van der Waals surface area contributed by atoms with Crippen LogP contribution in [0.1, 0.15) is 30.7 Å². The highest BCUT2D eigenvalue weighted by molar-refractivity contribution is 5.31. The summed E-state index contributed by atoms with van der Waals surface area (Å²) in [7, 11) is 1.66. The second-order valence-corrected chi connectivity index (χ2v) is 5.94. The molecule has 3 heteroatoms. The molecule has 4 atom stereocenters. The van der Waals surface area contributed by atoms with E-state index in [0.717, 1.165) is 23.1 Å². The minimum Gasteiger partial charge on any atom is -0.497 e. The lowest BCUT2D eigenvalue weighted by Gasteiger charge is -2.23. The lowest BCUT2D eigenvalue weighted by Crippen LogP contribution is -2.29. The third-order valence-corrected chi connectivity index (χ3v) is 5.08. The van der Waals surface area contributed by atoms with Gasteiger partial charge in [-0.1, -0.05) is 18.6 Å². The molecule has 2 aliphatic carbocycles. The van der Waals surface area contributed by atoms with E-state index in [0.29, 0.717) is 12.5 Å². The van der Waals surface area contributed by atoms with Gasteiger partial charge >= 0.3 is 0 Å². The third-order valence-electron chi connectivity index (χ3n) is 5.08. The first-order chi connectivity index (χ1) is 9.26.